The molecule has 3 atom stereocenters. The zero-order chi connectivity index (χ0) is 27.8. The van der Waals surface area contributed by atoms with E-state index in [2.05, 4.69) is 0 Å². The molecule has 4 rings (SSSR count). The van der Waals surface area contributed by atoms with Gasteiger partial charge in [-0.15, -0.1) is 0 Å². The van der Waals surface area contributed by atoms with Crippen LogP contribution in [0.5, 0.6) is 5.75 Å². The summed E-state index contributed by atoms with van der Waals surface area (Å²) in [6, 6.07) is 15.8. The number of amides is 1. The Balaban J connectivity index is 1.53. The number of benzene rings is 2. The van der Waals surface area contributed by atoms with Gasteiger partial charge in [0, 0.05) is 19.6 Å². The van der Waals surface area contributed by atoms with Gasteiger partial charge < -0.3 is 25.2 Å². The number of morpholine rings is 1. The fourth-order valence-corrected chi connectivity index (χ4v) is 7.13. The average molecular weight is 560 g/mol. The predicted octanol–water partition coefficient (Wildman–Crippen LogP) is 2.42. The normalized spacial score (nSPS) is 21.4. The number of carbonyl (C=O) groups is 1. The molecule has 3 N–H and O–H groups in total. The molecule has 1 aliphatic heterocycles. The third kappa shape index (κ3) is 7.58. The van der Waals surface area contributed by atoms with Crippen molar-refractivity contribution in [3.63, 3.8) is 0 Å². The number of methoxy groups -OCH3 is 1. The molecule has 0 radical (unpaired) electrons. The highest BCUT2D eigenvalue weighted by Crippen LogP contribution is 2.29. The number of ether oxygens (including phenoxy) is 2. The molecule has 0 bridgehead atoms. The fourth-order valence-electron chi connectivity index (χ4n) is 5.57. The SMILES string of the molecule is COc1ccc(S(=O)(=O)N(CC2CCCC2)C[C@@H](O)CN2C(=O)[C@@H](CCN)OC[C@@H]2Cc2ccccc2)cc1. The van der Waals surface area contributed by atoms with Crippen LogP contribution in [0.4, 0.5) is 0 Å². The van der Waals surface area contributed by atoms with E-state index in [4.69, 9.17) is 15.2 Å². The lowest BCUT2D eigenvalue weighted by molar-refractivity contribution is -0.162. The first-order valence-corrected chi connectivity index (χ1v) is 15.2. The number of nitrogens with zero attached hydrogens (tertiary/aromatic N) is 2. The molecular formula is C29H41N3O6S. The zero-order valence-corrected chi connectivity index (χ0v) is 23.5. The van der Waals surface area contributed by atoms with Gasteiger partial charge in [0.1, 0.15) is 11.9 Å². The monoisotopic (exact) mass is 559 g/mol. The van der Waals surface area contributed by atoms with Crippen molar-refractivity contribution in [3.8, 4) is 5.75 Å². The molecule has 39 heavy (non-hydrogen) atoms. The highest BCUT2D eigenvalue weighted by Gasteiger charge is 2.38. The molecule has 9 nitrogen and oxygen atoms in total. The van der Waals surface area contributed by atoms with Crippen LogP contribution >= 0.6 is 0 Å². The molecule has 2 fully saturated rings. The minimum absolute atomic E-state index is 0.0140. The summed E-state index contributed by atoms with van der Waals surface area (Å²) in [4.78, 5) is 15.2. The number of aliphatic hydroxyl groups excluding tert-OH is 1. The minimum atomic E-state index is -3.87. The molecule has 2 aliphatic rings. The zero-order valence-electron chi connectivity index (χ0n) is 22.7. The molecule has 1 heterocycles. The van der Waals surface area contributed by atoms with Crippen LogP contribution in [0.15, 0.2) is 59.5 Å². The van der Waals surface area contributed by atoms with Gasteiger partial charge in [-0.2, -0.15) is 4.31 Å². The number of β-amino-alcohol motifs (C(OH)–C–C–N with tert-alkyl or cyclic N) is 1. The Hall–Kier alpha value is -2.50. The first-order chi connectivity index (χ1) is 18.8. The lowest BCUT2D eigenvalue weighted by Gasteiger charge is -2.41. The van der Waals surface area contributed by atoms with Crippen molar-refractivity contribution in [1.29, 1.82) is 0 Å². The summed E-state index contributed by atoms with van der Waals surface area (Å²) in [7, 11) is -2.34. The molecule has 0 aromatic heterocycles. The molecule has 10 heteroatoms. The Kier molecular flexibility index (Phi) is 10.4. The third-order valence-corrected chi connectivity index (χ3v) is 9.53. The highest BCUT2D eigenvalue weighted by atomic mass is 32.2. The maximum absolute atomic E-state index is 13.7. The highest BCUT2D eigenvalue weighted by molar-refractivity contribution is 7.89. The van der Waals surface area contributed by atoms with Gasteiger partial charge in [0.2, 0.25) is 10.0 Å². The summed E-state index contributed by atoms with van der Waals surface area (Å²) in [6.07, 6.45) is 3.32. The number of sulfonamides is 1. The van der Waals surface area contributed by atoms with E-state index in [-0.39, 0.29) is 35.9 Å². The van der Waals surface area contributed by atoms with Crippen molar-refractivity contribution in [2.45, 2.75) is 61.7 Å². The van der Waals surface area contributed by atoms with E-state index < -0.39 is 22.2 Å². The lowest BCUT2D eigenvalue weighted by Crippen LogP contribution is -2.58. The van der Waals surface area contributed by atoms with E-state index in [1.807, 2.05) is 30.3 Å². The Morgan fingerprint density at radius 1 is 1.13 bits per heavy atom. The van der Waals surface area contributed by atoms with Crippen LogP contribution in [0.1, 0.15) is 37.7 Å². The fraction of sp³-hybridized carbons (Fsp3) is 0.552. The number of hydrogen-bond acceptors (Lipinski definition) is 7. The number of nitrogens with two attached hydrogens (primary N) is 1. The molecule has 1 saturated heterocycles. The Labute approximate surface area is 231 Å². The maximum atomic E-state index is 13.7. The lowest BCUT2D eigenvalue weighted by atomic mass is 10.0. The molecule has 1 amide bonds. The van der Waals surface area contributed by atoms with Crippen LogP contribution in [0.2, 0.25) is 0 Å². The Bertz CT molecular complexity index is 1160. The van der Waals surface area contributed by atoms with Gasteiger partial charge in [-0.05, 0) is 68.0 Å². The van der Waals surface area contributed by atoms with Crippen molar-refractivity contribution in [3.05, 3.63) is 60.2 Å². The second kappa shape index (κ2) is 13.7. The Morgan fingerprint density at radius 2 is 1.82 bits per heavy atom. The van der Waals surface area contributed by atoms with Crippen LogP contribution in [0.25, 0.3) is 0 Å². The van der Waals surface area contributed by atoms with Gasteiger partial charge in [0.05, 0.1) is 30.8 Å². The number of carbonyl (C=O) groups excluding carboxylic acids is 1. The largest absolute Gasteiger partial charge is 0.497 e. The first-order valence-electron chi connectivity index (χ1n) is 13.8. The van der Waals surface area contributed by atoms with E-state index in [0.29, 0.717) is 38.3 Å². The molecule has 1 aliphatic carbocycles. The topological polar surface area (TPSA) is 122 Å². The van der Waals surface area contributed by atoms with Crippen LogP contribution in [0, 0.1) is 5.92 Å². The van der Waals surface area contributed by atoms with Crippen molar-refractivity contribution in [2.75, 3.05) is 39.9 Å². The number of aliphatic hydroxyl groups is 1. The van der Waals surface area contributed by atoms with E-state index >= 15 is 0 Å². The predicted molar refractivity (Wildman–Crippen MR) is 149 cm³/mol. The van der Waals surface area contributed by atoms with Crippen LogP contribution in [0.3, 0.4) is 0 Å². The Morgan fingerprint density at radius 3 is 2.46 bits per heavy atom. The van der Waals surface area contributed by atoms with E-state index in [0.717, 1.165) is 31.2 Å². The van der Waals surface area contributed by atoms with Crippen LogP contribution in [-0.4, -0.2) is 86.8 Å². The van der Waals surface area contributed by atoms with Gasteiger partial charge in [0.15, 0.2) is 0 Å². The summed E-state index contributed by atoms with van der Waals surface area (Å²) >= 11 is 0. The van der Waals surface area contributed by atoms with Gasteiger partial charge in [0.25, 0.3) is 5.91 Å². The first kappa shape index (κ1) is 29.5. The van der Waals surface area contributed by atoms with Gasteiger partial charge >= 0.3 is 0 Å². The quantitative estimate of drug-likeness (QED) is 0.387. The number of rotatable bonds is 13. The maximum Gasteiger partial charge on any atom is 0.252 e. The van der Waals surface area contributed by atoms with E-state index in [1.54, 1.807) is 17.0 Å². The van der Waals surface area contributed by atoms with E-state index in [9.17, 15) is 18.3 Å². The molecular weight excluding hydrogens is 518 g/mol. The second-order valence-electron chi connectivity index (χ2n) is 10.5. The second-order valence-corrected chi connectivity index (χ2v) is 12.5. The minimum Gasteiger partial charge on any atom is -0.497 e. The molecule has 214 valence electrons. The van der Waals surface area contributed by atoms with Crippen molar-refractivity contribution >= 4 is 15.9 Å². The van der Waals surface area contributed by atoms with Gasteiger partial charge in [-0.1, -0.05) is 43.2 Å². The van der Waals surface area contributed by atoms with Crippen molar-refractivity contribution < 1.29 is 27.8 Å². The van der Waals surface area contributed by atoms with Crippen molar-refractivity contribution in [1.82, 2.24) is 9.21 Å². The molecule has 0 spiro atoms. The average Bonchev–Trinajstić information content (AvgIpc) is 3.46. The standard InChI is InChI=1S/C29H41N3O6S/c1-37-26-11-13-27(14-12-26)39(35,36)31(18-23-9-5-6-10-23)19-25(33)20-32-24(17-22-7-3-2-4-8-22)21-38-28(15-16-30)29(32)34/h2-4,7-8,11-14,23-25,28,33H,5-6,9-10,15-21,30H2,1H3/t24-,25+,28+/m0/s1. The summed E-state index contributed by atoms with van der Waals surface area (Å²) in [5.41, 5.74) is 6.77. The molecule has 1 saturated carbocycles. The molecule has 0 unspecified atom stereocenters. The van der Waals surface area contributed by atoms with Crippen LogP contribution in [-0.2, 0) is 26.0 Å². The molecule has 2 aromatic rings. The summed E-state index contributed by atoms with van der Waals surface area (Å²) < 4.78 is 39.9. The number of hydrogen-bond donors (Lipinski definition) is 2. The summed E-state index contributed by atoms with van der Waals surface area (Å²) in [5, 5.41) is 11.3. The smallest absolute Gasteiger partial charge is 0.252 e. The van der Waals surface area contributed by atoms with Gasteiger partial charge in [-0.25, -0.2) is 8.42 Å². The van der Waals surface area contributed by atoms with Gasteiger partial charge in [-0.3, -0.25) is 4.79 Å². The van der Waals surface area contributed by atoms with E-state index in [1.165, 1.54) is 23.5 Å². The van der Waals surface area contributed by atoms with Crippen LogP contribution < -0.4 is 10.5 Å². The molecule has 2 aromatic carbocycles. The third-order valence-electron chi connectivity index (χ3n) is 7.69. The summed E-state index contributed by atoms with van der Waals surface area (Å²) in [6.45, 7) is 0.889. The summed E-state index contributed by atoms with van der Waals surface area (Å²) in [5.74, 6) is 0.598. The van der Waals surface area contributed by atoms with Crippen molar-refractivity contribution in [2.24, 2.45) is 11.7 Å².